The number of pyridine rings is 6. The number of aryl methyl sites for hydroxylation is 2. The Hall–Kier alpha value is -9.26. The van der Waals surface area contributed by atoms with E-state index in [1.807, 2.05) is 196 Å². The third kappa shape index (κ3) is 18.2. The number of hydrogen-bond donors (Lipinski definition) is 2. The molecule has 0 unspecified atom stereocenters. The summed E-state index contributed by atoms with van der Waals surface area (Å²) < 4.78 is 71.0. The van der Waals surface area contributed by atoms with E-state index in [0.29, 0.717) is 11.4 Å². The number of alkyl halides is 3. The van der Waals surface area contributed by atoms with Gasteiger partial charge < -0.3 is 38.6 Å². The third-order valence-electron chi connectivity index (χ3n) is 12.8. The van der Waals surface area contributed by atoms with Gasteiger partial charge in [-0.3, -0.25) is 4.98 Å². The van der Waals surface area contributed by atoms with E-state index >= 15 is 0 Å². The summed E-state index contributed by atoms with van der Waals surface area (Å²) in [6.45, 7) is 3.93. The molecule has 14 rings (SSSR count). The third-order valence-corrected chi connectivity index (χ3v) is 13.4. The number of nitrogens with zero attached hydrogens (tertiary/aromatic N) is 6. The Balaban J connectivity index is 0.000000187. The summed E-state index contributed by atoms with van der Waals surface area (Å²) in [5, 5.41) is 18.2. The van der Waals surface area contributed by atoms with Gasteiger partial charge in [0.05, 0.1) is 11.3 Å². The fourth-order valence-electron chi connectivity index (χ4n) is 8.73. The fraction of sp³-hybridized carbons (Fsp3) is 0.0704. The first-order valence-corrected chi connectivity index (χ1v) is 28.4. The maximum absolute atomic E-state index is 10.7. The largest absolute Gasteiger partial charge is 0.741 e. The number of benzene rings is 6. The molecule has 2 N–H and O–H groups in total. The number of hydrogen-bond acceptors (Lipinski definition) is 13. The smallest absolute Gasteiger partial charge is 0.485 e. The van der Waals surface area contributed by atoms with Crippen molar-refractivity contribution in [2.75, 3.05) is 14.2 Å². The fourth-order valence-corrected chi connectivity index (χ4v) is 8.73. The van der Waals surface area contributed by atoms with Gasteiger partial charge >= 0.3 is 5.51 Å². The van der Waals surface area contributed by atoms with Gasteiger partial charge in [-0.2, -0.15) is 13.2 Å². The molecule has 0 amide bonds. The van der Waals surface area contributed by atoms with E-state index < -0.39 is 15.6 Å². The van der Waals surface area contributed by atoms with Gasteiger partial charge in [-0.05, 0) is 96.2 Å². The zero-order valence-corrected chi connectivity index (χ0v) is 54.1. The molecule has 0 saturated carbocycles. The van der Waals surface area contributed by atoms with Crippen molar-refractivity contribution in [1.82, 2.24) is 29.9 Å². The minimum atomic E-state index is -6.09. The molecule has 460 valence electrons. The van der Waals surface area contributed by atoms with E-state index in [1.165, 1.54) is 0 Å². The monoisotopic (exact) mass is 1580 g/mol. The van der Waals surface area contributed by atoms with E-state index in [4.69, 9.17) is 32.0 Å². The van der Waals surface area contributed by atoms with Crippen LogP contribution in [0.25, 0.3) is 111 Å². The molecular weight excluding hydrogens is 1520 g/mol. The molecule has 0 spiro atoms. The van der Waals surface area contributed by atoms with Crippen molar-refractivity contribution < 1.29 is 85.4 Å². The van der Waals surface area contributed by atoms with Crippen LogP contribution in [-0.4, -0.2) is 72.8 Å². The Morgan fingerprint density at radius 2 is 0.867 bits per heavy atom. The summed E-state index contributed by atoms with van der Waals surface area (Å²) in [6, 6.07) is 83.9. The van der Waals surface area contributed by atoms with Crippen LogP contribution >= 0.6 is 0 Å². The average Bonchev–Trinajstić information content (AvgIpc) is 1.66. The Bertz CT molecular complexity index is 4220. The molecule has 0 saturated heterocycles. The number of aliphatic hydroxyl groups excluding tert-OH is 2. The first-order valence-electron chi connectivity index (χ1n) is 27.0. The van der Waals surface area contributed by atoms with Crippen molar-refractivity contribution in [3.05, 3.63) is 279 Å². The van der Waals surface area contributed by atoms with Crippen molar-refractivity contribution in [1.29, 1.82) is 0 Å². The van der Waals surface area contributed by atoms with E-state index in [2.05, 4.69) is 103 Å². The quantitative estimate of drug-likeness (QED) is 0.0905. The van der Waals surface area contributed by atoms with Gasteiger partial charge in [0, 0.05) is 118 Å². The summed E-state index contributed by atoms with van der Waals surface area (Å²) in [5.41, 5.74) is 11.3. The van der Waals surface area contributed by atoms with Gasteiger partial charge in [0.2, 0.25) is 11.4 Å². The van der Waals surface area contributed by atoms with Gasteiger partial charge in [-0.15, -0.1) is 90.0 Å². The van der Waals surface area contributed by atoms with E-state index in [-0.39, 0.29) is 40.2 Å². The van der Waals surface area contributed by atoms with Crippen LogP contribution in [-0.2, 0) is 50.3 Å². The van der Waals surface area contributed by atoms with Gasteiger partial charge in [0.15, 0.2) is 10.1 Å². The number of rotatable bonds is 6. The normalized spacial score (nSPS) is 10.5. The Morgan fingerprint density at radius 3 is 1.29 bits per heavy atom. The molecule has 0 bridgehead atoms. The summed E-state index contributed by atoms with van der Waals surface area (Å²) in [7, 11) is -4.09. The summed E-state index contributed by atoms with van der Waals surface area (Å²) in [5.74, 6) is 0. The van der Waals surface area contributed by atoms with Crippen LogP contribution in [0.5, 0.6) is 0 Å². The molecule has 6 aromatic carbocycles. The second kappa shape index (κ2) is 33.9. The maximum Gasteiger partial charge on any atom is 0.485 e. The zero-order valence-electron chi connectivity index (χ0n) is 48.5. The zero-order chi connectivity index (χ0) is 62.5. The Kier molecular flexibility index (Phi) is 26.3. The van der Waals surface area contributed by atoms with Crippen LogP contribution in [0.15, 0.2) is 258 Å². The minimum Gasteiger partial charge on any atom is -0.741 e. The van der Waals surface area contributed by atoms with Gasteiger partial charge in [-0.1, -0.05) is 126 Å². The second-order valence-corrected chi connectivity index (χ2v) is 19.9. The molecule has 0 aliphatic rings. The molecule has 14 aromatic rings. The van der Waals surface area contributed by atoms with Crippen molar-refractivity contribution >= 4 is 54.3 Å². The summed E-state index contributed by atoms with van der Waals surface area (Å²) in [6.07, 6.45) is 7.38. The first-order chi connectivity index (χ1) is 42.8. The topological polar surface area (TPSA) is 201 Å². The van der Waals surface area contributed by atoms with E-state index in [1.54, 1.807) is 12.4 Å². The summed E-state index contributed by atoms with van der Waals surface area (Å²) in [4.78, 5) is 26.8. The molecule has 8 heterocycles. The Labute approximate surface area is 545 Å². The predicted octanol–water partition coefficient (Wildman–Crippen LogP) is 16.2. The molecule has 0 atom stereocenters. The van der Waals surface area contributed by atoms with Crippen LogP contribution < -0.4 is 0 Å². The number of fused-ring (bicyclic) bond motifs is 6. The SMILES string of the molecule is CO.CO.Cc1ccc2c(n1)oc1c(-c3ccc(-c4ccccc4)cn3)[c-]ccc12.Cc1ccc2c(n1)oc1c(-c3ccc(-c4ccccc4)cn3)cccc12.O=S(=O)([O-])C(F)(F)F.[Ir].[Ir].[c-]1ccccc1-c1ccccn1.[c-]1ccccc1-c1ccccn1. The van der Waals surface area contributed by atoms with Crippen molar-refractivity contribution in [3.8, 4) is 67.3 Å². The minimum absolute atomic E-state index is 0. The van der Waals surface area contributed by atoms with Crippen LogP contribution in [0.3, 0.4) is 0 Å². The van der Waals surface area contributed by atoms with Crippen LogP contribution in [0.4, 0.5) is 13.2 Å². The van der Waals surface area contributed by atoms with Gasteiger partial charge in [-0.25, -0.2) is 18.4 Å². The molecule has 0 aliphatic heterocycles. The van der Waals surface area contributed by atoms with Gasteiger partial charge in [0.25, 0.3) is 0 Å². The standard InChI is InChI=1S/C23H16N2O.C23H15N2O.2C11H8N.CHF3O3S.2CH4O.2Ir/c2*1-15-10-12-19-18-8-5-9-20(22(18)26-23(19)25-15)21-13-11-17(14-24-21)16-6-3-2-4-7-16;2*1-2-6-10(7-3-1)11-8-4-5-9-12-11;2-1(3,4)8(5,6)7;2*1-2;;/h2-14H,1H3;2-8,10-14H,1H3;2*1-6,8-9H;(H,5,6,7);2*2H,1H3;;/q;3*-1;;;;;/p-1. The number of furan rings is 2. The maximum atomic E-state index is 10.7. The van der Waals surface area contributed by atoms with Crippen molar-refractivity contribution in [3.63, 3.8) is 0 Å². The molecule has 0 fully saturated rings. The molecule has 19 heteroatoms. The van der Waals surface area contributed by atoms with E-state index in [9.17, 15) is 13.2 Å². The summed E-state index contributed by atoms with van der Waals surface area (Å²) >= 11 is 0. The van der Waals surface area contributed by atoms with Crippen molar-refractivity contribution in [2.24, 2.45) is 0 Å². The molecule has 8 aromatic heterocycles. The van der Waals surface area contributed by atoms with E-state index in [0.717, 1.165) is 126 Å². The van der Waals surface area contributed by atoms with Crippen LogP contribution in [0.2, 0.25) is 0 Å². The number of para-hydroxylation sites is 1. The number of aromatic nitrogens is 6. The average molecular weight is 1580 g/mol. The number of aliphatic hydroxyl groups is 2. The molecule has 0 aliphatic carbocycles. The predicted molar refractivity (Wildman–Crippen MR) is 338 cm³/mol. The molecule has 13 nitrogen and oxygen atoms in total. The number of halogens is 3. The van der Waals surface area contributed by atoms with Crippen LogP contribution in [0, 0.1) is 32.0 Å². The van der Waals surface area contributed by atoms with Gasteiger partial charge in [0.1, 0.15) is 5.58 Å². The molecule has 90 heavy (non-hydrogen) atoms. The molecular formula is C71H55F3Ir2N6O7S-4. The molecule has 2 radical (unpaired) electrons. The first kappa shape index (κ1) is 69.8. The van der Waals surface area contributed by atoms with Crippen LogP contribution in [0.1, 0.15) is 11.4 Å². The Morgan fingerprint density at radius 1 is 0.422 bits per heavy atom. The van der Waals surface area contributed by atoms with Crippen molar-refractivity contribution in [2.45, 2.75) is 19.4 Å². The second-order valence-electron chi connectivity index (χ2n) is 18.6.